The third kappa shape index (κ3) is 14.0. The van der Waals surface area contributed by atoms with E-state index >= 15 is 0 Å². The van der Waals surface area contributed by atoms with Crippen LogP contribution in [0.5, 0.6) is 5.75 Å². The number of benzene rings is 2. The molecular weight excluding hydrogens is 837 g/mol. The van der Waals surface area contributed by atoms with Crippen LogP contribution < -0.4 is 27.0 Å². The van der Waals surface area contributed by atoms with Crippen molar-refractivity contribution in [2.75, 3.05) is 20.1 Å². The number of carbonyl (C=O) groups is 9. The van der Waals surface area contributed by atoms with Gasteiger partial charge in [0.25, 0.3) is 0 Å². The minimum absolute atomic E-state index is 0.0489. The number of phenolic OH excluding ortho intramolecular Hbond substituents is 1. The highest BCUT2D eigenvalue weighted by Gasteiger charge is 2.38. The zero-order chi connectivity index (χ0) is 47.1. The topological polar surface area (TPSA) is 331 Å². The minimum atomic E-state index is -1.78. The number of rotatable bonds is 24. The van der Waals surface area contributed by atoms with E-state index in [0.29, 0.717) is 30.4 Å². The first-order chi connectivity index (χ1) is 30.4. The van der Waals surface area contributed by atoms with Gasteiger partial charge in [0.15, 0.2) is 0 Å². The van der Waals surface area contributed by atoms with E-state index in [9.17, 15) is 58.5 Å². The van der Waals surface area contributed by atoms with Crippen LogP contribution >= 0.6 is 0 Å². The van der Waals surface area contributed by atoms with Gasteiger partial charge in [-0.2, -0.15) is 0 Å². The third-order valence-corrected chi connectivity index (χ3v) is 10.9. The molecule has 1 saturated heterocycles. The summed E-state index contributed by atoms with van der Waals surface area (Å²) in [6, 6.07) is 5.13. The highest BCUT2D eigenvalue weighted by atomic mass is 16.4. The average Bonchev–Trinajstić information content (AvgIpc) is 3.92. The summed E-state index contributed by atoms with van der Waals surface area (Å²) in [5, 5.41) is 48.4. The van der Waals surface area contributed by atoms with Crippen LogP contribution in [0.1, 0.15) is 69.4 Å². The second-order valence-corrected chi connectivity index (χ2v) is 15.7. The molecule has 6 atom stereocenters. The number of aromatic amines is 1. The maximum atomic E-state index is 14.3. The molecule has 11 N–H and O–H groups in total. The van der Waals surface area contributed by atoms with E-state index in [-0.39, 0.29) is 50.8 Å². The van der Waals surface area contributed by atoms with Gasteiger partial charge < -0.3 is 62.2 Å². The van der Waals surface area contributed by atoms with Crippen molar-refractivity contribution in [1.82, 2.24) is 36.1 Å². The van der Waals surface area contributed by atoms with Crippen LogP contribution in [0.25, 0.3) is 10.9 Å². The van der Waals surface area contributed by atoms with Crippen molar-refractivity contribution in [1.29, 1.82) is 0 Å². The molecular formula is C43H56N8O13. The number of phenols is 1. The molecule has 0 spiro atoms. The van der Waals surface area contributed by atoms with Gasteiger partial charge in [0.2, 0.25) is 35.4 Å². The van der Waals surface area contributed by atoms with Crippen molar-refractivity contribution < 1.29 is 63.6 Å². The van der Waals surface area contributed by atoms with Crippen LogP contribution in [0.3, 0.4) is 0 Å². The van der Waals surface area contributed by atoms with Crippen LogP contribution in [0.15, 0.2) is 54.7 Å². The number of nitrogens with two attached hydrogens (primary N) is 1. The molecule has 2 aromatic carbocycles. The Kier molecular flexibility index (Phi) is 18.2. The Bertz CT molecular complexity index is 2180. The number of aliphatic carboxylic acids is 3. The number of hydrogen-bond donors (Lipinski definition) is 10. The molecule has 21 heteroatoms. The lowest BCUT2D eigenvalue weighted by molar-refractivity contribution is -0.148. The second kappa shape index (κ2) is 23.4. The first kappa shape index (κ1) is 49.6. The second-order valence-electron chi connectivity index (χ2n) is 15.7. The number of carbonyl (C=O) groups excluding carboxylic acids is 6. The lowest BCUT2D eigenvalue weighted by Crippen LogP contribution is -2.58. The van der Waals surface area contributed by atoms with Gasteiger partial charge in [-0.3, -0.25) is 38.4 Å². The van der Waals surface area contributed by atoms with Gasteiger partial charge in [0, 0.05) is 50.0 Å². The van der Waals surface area contributed by atoms with Crippen molar-refractivity contribution in [3.63, 3.8) is 0 Å². The van der Waals surface area contributed by atoms with Crippen molar-refractivity contribution >= 4 is 64.3 Å². The van der Waals surface area contributed by atoms with E-state index in [1.807, 2.05) is 13.0 Å². The van der Waals surface area contributed by atoms with Crippen LogP contribution in [0, 0.1) is 0 Å². The number of amides is 6. The highest BCUT2D eigenvalue weighted by Crippen LogP contribution is 2.22. The van der Waals surface area contributed by atoms with E-state index in [0.717, 1.165) is 15.8 Å². The van der Waals surface area contributed by atoms with Crippen LogP contribution in [-0.4, -0.2) is 145 Å². The molecule has 0 bridgehead atoms. The molecule has 0 aliphatic carbocycles. The average molecular weight is 893 g/mol. The van der Waals surface area contributed by atoms with Gasteiger partial charge >= 0.3 is 17.9 Å². The van der Waals surface area contributed by atoms with Crippen LogP contribution in [-0.2, 0) is 56.0 Å². The number of fused-ring (bicyclic) bond motifs is 1. The Hall–Kier alpha value is -7.03. The Balaban J connectivity index is 1.54. The molecule has 346 valence electrons. The number of aromatic hydroxyl groups is 1. The zero-order valence-corrected chi connectivity index (χ0v) is 35.6. The van der Waals surface area contributed by atoms with Gasteiger partial charge in [-0.15, -0.1) is 0 Å². The standard InChI is InChI=1S/C43H56N8O13/c1-3-4-10-33(39(59)49-32(43(63)64)21-37(56)57)50(2)42(62)31(20-25-22-45-29-9-6-5-8-27(25)29)47-35(53)23-46-38(58)30(19-24-12-14-26(52)15-13-24)48-40(60)34-11-7-18-51(34)41(61)28(44)16-17-36(54)55/h5-6,8-9,12-15,22,28,30-34,45,52H,3-4,7,10-11,16-21,23,44H2,1-2H3,(H,46,58)(H,47,53)(H,48,60)(H,49,59)(H,54,55)(H,56,57)(H,63,64)/t28-,30+,31+,32+,33+,34+/m1/s1. The molecule has 2 heterocycles. The van der Waals surface area contributed by atoms with Gasteiger partial charge in [-0.25, -0.2) is 4.79 Å². The smallest absolute Gasteiger partial charge is 0.326 e. The lowest BCUT2D eigenvalue weighted by Gasteiger charge is -2.31. The van der Waals surface area contributed by atoms with Gasteiger partial charge in [-0.05, 0) is 55.0 Å². The summed E-state index contributed by atoms with van der Waals surface area (Å²) in [6.07, 6.45) is 1.82. The molecule has 4 rings (SSSR count). The third-order valence-electron chi connectivity index (χ3n) is 10.9. The largest absolute Gasteiger partial charge is 0.508 e. The molecule has 0 saturated carbocycles. The van der Waals surface area contributed by atoms with Crippen molar-refractivity contribution in [3.8, 4) is 5.75 Å². The highest BCUT2D eigenvalue weighted by molar-refractivity contribution is 5.97. The summed E-state index contributed by atoms with van der Waals surface area (Å²) in [5.41, 5.74) is 7.84. The Labute approximate surface area is 368 Å². The van der Waals surface area contributed by atoms with Crippen LogP contribution in [0.4, 0.5) is 0 Å². The zero-order valence-electron chi connectivity index (χ0n) is 35.6. The first-order valence-electron chi connectivity index (χ1n) is 20.9. The van der Waals surface area contributed by atoms with Gasteiger partial charge in [-0.1, -0.05) is 50.1 Å². The number of aromatic nitrogens is 1. The van der Waals surface area contributed by atoms with Crippen molar-refractivity contribution in [2.24, 2.45) is 5.73 Å². The number of nitrogens with zero attached hydrogens (tertiary/aromatic N) is 2. The summed E-state index contributed by atoms with van der Waals surface area (Å²) in [4.78, 5) is 122. The number of likely N-dealkylation sites (N-methyl/N-ethyl adjacent to an activating group) is 1. The van der Waals surface area contributed by atoms with E-state index < -0.39 is 103 Å². The maximum absolute atomic E-state index is 14.3. The number of hydrogen-bond acceptors (Lipinski definition) is 11. The molecule has 21 nitrogen and oxygen atoms in total. The Morgan fingerprint density at radius 1 is 0.859 bits per heavy atom. The summed E-state index contributed by atoms with van der Waals surface area (Å²) < 4.78 is 0. The summed E-state index contributed by atoms with van der Waals surface area (Å²) in [6.45, 7) is 1.33. The monoisotopic (exact) mass is 892 g/mol. The predicted octanol–water partition coefficient (Wildman–Crippen LogP) is -0.0111. The summed E-state index contributed by atoms with van der Waals surface area (Å²) >= 11 is 0. The molecule has 64 heavy (non-hydrogen) atoms. The molecule has 0 unspecified atom stereocenters. The fourth-order valence-electron chi connectivity index (χ4n) is 7.46. The number of nitrogens with one attached hydrogen (secondary N) is 5. The quantitative estimate of drug-likeness (QED) is 0.0566. The maximum Gasteiger partial charge on any atom is 0.326 e. The molecule has 6 amide bonds. The van der Waals surface area contributed by atoms with E-state index in [1.165, 1.54) is 36.2 Å². The summed E-state index contributed by atoms with van der Waals surface area (Å²) in [7, 11) is 1.31. The SMILES string of the molecule is CCCC[C@@H](C(=O)N[C@@H](CC(=O)O)C(=O)O)N(C)C(=O)[C@H](Cc1c[nH]c2ccccc12)NC(=O)CNC(=O)[C@H](Cc1ccc(O)cc1)NC(=O)[C@@H]1CCCN1C(=O)[C@H](N)CCC(=O)O. The molecule has 1 aliphatic rings. The normalized spacial score (nSPS) is 15.8. The predicted molar refractivity (Wildman–Crippen MR) is 228 cm³/mol. The lowest BCUT2D eigenvalue weighted by atomic mass is 10.0. The molecule has 0 radical (unpaired) electrons. The molecule has 1 fully saturated rings. The number of para-hydroxylation sites is 1. The number of carboxylic acid groups (broad SMARTS) is 3. The molecule has 1 aromatic heterocycles. The summed E-state index contributed by atoms with van der Waals surface area (Å²) in [5.74, 6) is -8.83. The fourth-order valence-corrected chi connectivity index (χ4v) is 7.46. The number of carboxylic acids is 3. The molecule has 1 aliphatic heterocycles. The van der Waals surface area contributed by atoms with Gasteiger partial charge in [0.1, 0.15) is 36.0 Å². The van der Waals surface area contributed by atoms with Gasteiger partial charge in [0.05, 0.1) is 19.0 Å². The Morgan fingerprint density at radius 2 is 1.56 bits per heavy atom. The number of likely N-dealkylation sites (tertiary alicyclic amines) is 1. The number of H-pyrrole nitrogens is 1. The van der Waals surface area contributed by atoms with E-state index in [4.69, 9.17) is 10.8 Å². The van der Waals surface area contributed by atoms with Crippen LogP contribution in [0.2, 0.25) is 0 Å². The van der Waals surface area contributed by atoms with E-state index in [1.54, 1.807) is 24.4 Å². The van der Waals surface area contributed by atoms with Crippen molar-refractivity contribution in [3.05, 3.63) is 65.9 Å². The Morgan fingerprint density at radius 3 is 2.22 bits per heavy atom. The fraction of sp³-hybridized carbons (Fsp3) is 0.465. The van der Waals surface area contributed by atoms with Crippen molar-refractivity contribution in [2.45, 2.75) is 107 Å². The minimum Gasteiger partial charge on any atom is -0.508 e. The first-order valence-corrected chi connectivity index (χ1v) is 20.9. The number of unbranched alkanes of at least 4 members (excludes halogenated alkanes) is 1. The molecule has 3 aromatic rings. The van der Waals surface area contributed by atoms with E-state index in [2.05, 4.69) is 26.3 Å².